The lowest BCUT2D eigenvalue weighted by Gasteiger charge is -2.15. The van der Waals surface area contributed by atoms with Gasteiger partial charge in [0.1, 0.15) is 0 Å². The predicted molar refractivity (Wildman–Crippen MR) is 123 cm³/mol. The lowest BCUT2D eigenvalue weighted by molar-refractivity contribution is 0.0478. The third-order valence-corrected chi connectivity index (χ3v) is 5.94. The third kappa shape index (κ3) is 10.3. The Hall–Kier alpha value is -1.84. The fourth-order valence-electron chi connectivity index (χ4n) is 3.67. The number of esters is 2. The lowest BCUT2D eigenvalue weighted by Crippen LogP contribution is -2.13. The average Bonchev–Trinajstić information content (AvgIpc) is 2.78. The normalized spacial score (nSPS) is 12.9. The molecular formula is C26H42O4. The van der Waals surface area contributed by atoms with Gasteiger partial charge < -0.3 is 9.47 Å². The highest BCUT2D eigenvalue weighted by Crippen LogP contribution is 2.18. The monoisotopic (exact) mass is 418 g/mol. The van der Waals surface area contributed by atoms with E-state index in [9.17, 15) is 9.59 Å². The van der Waals surface area contributed by atoms with Crippen LogP contribution in [0.5, 0.6) is 0 Å². The number of rotatable bonds is 16. The Kier molecular flexibility index (Phi) is 13.9. The van der Waals surface area contributed by atoms with Gasteiger partial charge in [0.15, 0.2) is 0 Å². The predicted octanol–water partition coefficient (Wildman–Crippen LogP) is 7.21. The first-order chi connectivity index (χ1) is 14.5. The van der Waals surface area contributed by atoms with Crippen LogP contribution in [0.4, 0.5) is 0 Å². The molecule has 0 fully saturated rings. The fraction of sp³-hybridized carbons (Fsp3) is 0.692. The minimum atomic E-state index is -0.374. The van der Waals surface area contributed by atoms with Crippen LogP contribution in [0.15, 0.2) is 24.3 Å². The molecule has 0 radical (unpaired) electrons. The zero-order valence-electron chi connectivity index (χ0n) is 19.6. The van der Waals surface area contributed by atoms with Gasteiger partial charge in [-0.1, -0.05) is 85.1 Å². The molecule has 2 unspecified atom stereocenters. The van der Waals surface area contributed by atoms with Crippen molar-refractivity contribution in [1.82, 2.24) is 0 Å². The number of ether oxygens (including phenoxy) is 2. The van der Waals surface area contributed by atoms with Crippen LogP contribution < -0.4 is 0 Å². The Morgan fingerprint density at radius 2 is 1.17 bits per heavy atom. The van der Waals surface area contributed by atoms with Crippen LogP contribution in [-0.4, -0.2) is 25.2 Å². The Bertz CT molecular complexity index is 562. The molecule has 0 amide bonds. The Balaban J connectivity index is 2.48. The van der Waals surface area contributed by atoms with E-state index in [0.717, 1.165) is 25.7 Å². The van der Waals surface area contributed by atoms with Gasteiger partial charge in [-0.3, -0.25) is 0 Å². The second kappa shape index (κ2) is 15.9. The van der Waals surface area contributed by atoms with Crippen molar-refractivity contribution in [3.8, 4) is 0 Å². The van der Waals surface area contributed by atoms with E-state index in [2.05, 4.69) is 27.7 Å². The second-order valence-corrected chi connectivity index (χ2v) is 8.26. The summed E-state index contributed by atoms with van der Waals surface area (Å²) in [5.74, 6) is 0.452. The quantitative estimate of drug-likeness (QED) is 0.266. The van der Waals surface area contributed by atoms with E-state index in [4.69, 9.17) is 9.47 Å². The molecule has 0 saturated heterocycles. The highest BCUT2D eigenvalue weighted by molar-refractivity contribution is 5.95. The molecule has 4 nitrogen and oxygen atoms in total. The molecule has 0 aliphatic carbocycles. The Morgan fingerprint density at radius 3 is 1.53 bits per heavy atom. The van der Waals surface area contributed by atoms with E-state index >= 15 is 0 Å². The van der Waals surface area contributed by atoms with Gasteiger partial charge in [-0.2, -0.15) is 0 Å². The number of hydrogen-bond acceptors (Lipinski definition) is 4. The van der Waals surface area contributed by atoms with Crippen molar-refractivity contribution in [3.05, 3.63) is 35.4 Å². The first kappa shape index (κ1) is 26.2. The minimum absolute atomic E-state index is 0.374. The van der Waals surface area contributed by atoms with Crippen LogP contribution in [0.1, 0.15) is 113 Å². The maximum atomic E-state index is 12.4. The first-order valence-corrected chi connectivity index (χ1v) is 12.0. The highest BCUT2D eigenvalue weighted by atomic mass is 16.5. The first-order valence-electron chi connectivity index (χ1n) is 12.0. The van der Waals surface area contributed by atoms with Crippen LogP contribution in [0.2, 0.25) is 0 Å². The van der Waals surface area contributed by atoms with Gasteiger partial charge in [0, 0.05) is 0 Å². The summed E-state index contributed by atoms with van der Waals surface area (Å²) in [6.45, 7) is 9.60. The van der Waals surface area contributed by atoms with Crippen molar-refractivity contribution in [2.45, 2.75) is 91.9 Å². The number of carbonyl (C=O) groups excluding carboxylic acids is 2. The van der Waals surface area contributed by atoms with E-state index < -0.39 is 0 Å². The van der Waals surface area contributed by atoms with E-state index in [1.165, 1.54) is 38.5 Å². The number of carbonyl (C=O) groups is 2. The Morgan fingerprint density at radius 1 is 0.733 bits per heavy atom. The summed E-state index contributed by atoms with van der Waals surface area (Å²) in [5.41, 5.74) is 0.806. The molecule has 0 bridgehead atoms. The maximum absolute atomic E-state index is 12.4. The molecule has 0 spiro atoms. The van der Waals surface area contributed by atoms with Crippen molar-refractivity contribution < 1.29 is 19.1 Å². The van der Waals surface area contributed by atoms with Gasteiger partial charge in [-0.15, -0.1) is 0 Å². The van der Waals surface area contributed by atoms with E-state index in [1.807, 2.05) is 0 Å². The maximum Gasteiger partial charge on any atom is 0.338 e. The molecular weight excluding hydrogens is 376 g/mol. The topological polar surface area (TPSA) is 52.6 Å². The van der Waals surface area contributed by atoms with Crippen molar-refractivity contribution in [2.75, 3.05) is 13.2 Å². The number of hydrogen-bond donors (Lipinski definition) is 0. The minimum Gasteiger partial charge on any atom is -0.462 e. The third-order valence-electron chi connectivity index (χ3n) is 5.94. The summed E-state index contributed by atoms with van der Waals surface area (Å²) in [6.07, 6.45) is 11.2. The molecule has 0 aromatic heterocycles. The van der Waals surface area contributed by atoms with Gasteiger partial charge in [0.2, 0.25) is 0 Å². The summed E-state index contributed by atoms with van der Waals surface area (Å²) in [6, 6.07) is 6.66. The smallest absolute Gasteiger partial charge is 0.338 e. The number of benzene rings is 1. The summed E-state index contributed by atoms with van der Waals surface area (Å²) in [7, 11) is 0. The molecule has 4 heteroatoms. The van der Waals surface area contributed by atoms with Gasteiger partial charge in [0.25, 0.3) is 0 Å². The molecule has 170 valence electrons. The molecule has 1 aromatic rings. The van der Waals surface area contributed by atoms with Gasteiger partial charge in [-0.05, 0) is 42.9 Å². The summed E-state index contributed by atoms with van der Waals surface area (Å²) in [4.78, 5) is 24.7. The summed E-state index contributed by atoms with van der Waals surface area (Å²) < 4.78 is 10.9. The van der Waals surface area contributed by atoms with Crippen LogP contribution >= 0.6 is 0 Å². The van der Waals surface area contributed by atoms with Crippen LogP contribution in [0, 0.1) is 11.8 Å². The largest absolute Gasteiger partial charge is 0.462 e. The van der Waals surface area contributed by atoms with Crippen molar-refractivity contribution in [1.29, 1.82) is 0 Å². The molecule has 0 saturated carbocycles. The zero-order valence-corrected chi connectivity index (χ0v) is 19.6. The van der Waals surface area contributed by atoms with Crippen molar-refractivity contribution in [3.63, 3.8) is 0 Å². The average molecular weight is 419 g/mol. The molecule has 0 aliphatic rings. The van der Waals surface area contributed by atoms with Gasteiger partial charge in [0.05, 0.1) is 24.3 Å². The van der Waals surface area contributed by atoms with E-state index in [0.29, 0.717) is 36.2 Å². The molecule has 2 atom stereocenters. The fourth-order valence-corrected chi connectivity index (χ4v) is 3.67. The standard InChI is InChI=1S/C26H42O4/c1-5-9-12-21(7-3)16-18-29-25(27)23-14-11-15-24(20-23)26(28)30-19-17-22(8-4)13-10-6-2/h11,14-15,20-22H,5-10,12-13,16-19H2,1-4H3. The second-order valence-electron chi connectivity index (χ2n) is 8.26. The van der Waals surface area contributed by atoms with E-state index in [1.54, 1.807) is 24.3 Å². The SMILES string of the molecule is CCCCC(CC)CCOC(=O)c1cccc(C(=O)OCCC(CC)CCCC)c1. The summed E-state index contributed by atoms with van der Waals surface area (Å²) >= 11 is 0. The highest BCUT2D eigenvalue weighted by Gasteiger charge is 2.14. The number of unbranched alkanes of at least 4 members (excludes halogenated alkanes) is 2. The van der Waals surface area contributed by atoms with Crippen molar-refractivity contribution >= 4 is 11.9 Å². The molecule has 1 aromatic carbocycles. The van der Waals surface area contributed by atoms with Gasteiger partial charge in [-0.25, -0.2) is 9.59 Å². The summed E-state index contributed by atoms with van der Waals surface area (Å²) in [5, 5.41) is 0. The molecule has 0 heterocycles. The molecule has 0 N–H and O–H groups in total. The van der Waals surface area contributed by atoms with Gasteiger partial charge >= 0.3 is 11.9 Å². The lowest BCUT2D eigenvalue weighted by atomic mass is 9.96. The van der Waals surface area contributed by atoms with Crippen molar-refractivity contribution in [2.24, 2.45) is 11.8 Å². The zero-order chi connectivity index (χ0) is 22.2. The Labute approximate surface area is 183 Å². The van der Waals surface area contributed by atoms with Crippen LogP contribution in [0.3, 0.4) is 0 Å². The van der Waals surface area contributed by atoms with Crippen LogP contribution in [0.25, 0.3) is 0 Å². The van der Waals surface area contributed by atoms with Crippen LogP contribution in [-0.2, 0) is 9.47 Å². The molecule has 1 rings (SSSR count). The van der Waals surface area contributed by atoms with E-state index in [-0.39, 0.29) is 11.9 Å². The molecule has 0 aliphatic heterocycles. The molecule has 30 heavy (non-hydrogen) atoms.